The lowest BCUT2D eigenvalue weighted by atomic mass is 9.68. The van der Waals surface area contributed by atoms with E-state index in [9.17, 15) is 4.79 Å². The molecule has 3 heteroatoms. The van der Waals surface area contributed by atoms with Gasteiger partial charge in [-0.05, 0) is 30.1 Å². The Bertz CT molecular complexity index is 343. The number of hydrogen-bond donors (Lipinski definition) is 1. The highest BCUT2D eigenvalue weighted by molar-refractivity contribution is 5.76. The van der Waals surface area contributed by atoms with Gasteiger partial charge in [0, 0.05) is 19.4 Å². The van der Waals surface area contributed by atoms with Crippen molar-refractivity contribution >= 4 is 5.91 Å². The summed E-state index contributed by atoms with van der Waals surface area (Å²) in [6.45, 7) is 18.8. The first kappa shape index (κ1) is 21.4. The maximum absolute atomic E-state index is 12.2. The lowest BCUT2D eigenvalue weighted by molar-refractivity contribution is -0.888. The highest BCUT2D eigenvalue weighted by Gasteiger charge is 2.32. The maximum Gasteiger partial charge on any atom is 0.220 e. The zero-order chi connectivity index (χ0) is 17.6. The van der Waals surface area contributed by atoms with Crippen LogP contribution in [0, 0.1) is 16.7 Å². The number of amides is 1. The van der Waals surface area contributed by atoms with Gasteiger partial charge in [0.2, 0.25) is 5.91 Å². The van der Waals surface area contributed by atoms with Crippen LogP contribution in [0.4, 0.5) is 0 Å². The second-order valence-electron chi connectivity index (χ2n) is 9.34. The summed E-state index contributed by atoms with van der Waals surface area (Å²) in [5.74, 6) is 0.829. The van der Waals surface area contributed by atoms with E-state index in [2.05, 4.69) is 67.9 Å². The molecule has 0 rings (SSSR count). The Hall–Kier alpha value is -0.570. The van der Waals surface area contributed by atoms with Crippen LogP contribution in [0.2, 0.25) is 0 Å². The SMILES string of the molecule is CC[N+](C)(C)CCCNC(=O)CC(C)(C)CC(C)(C)C(C)C. The normalized spacial score (nSPS) is 13.5. The molecule has 132 valence electrons. The first-order chi connectivity index (χ1) is 9.81. The van der Waals surface area contributed by atoms with Crippen molar-refractivity contribution < 1.29 is 9.28 Å². The molecule has 0 spiro atoms. The number of nitrogens with zero attached hydrogens (tertiary/aromatic N) is 1. The van der Waals surface area contributed by atoms with Gasteiger partial charge in [0.1, 0.15) is 0 Å². The fourth-order valence-electron chi connectivity index (χ4n) is 2.89. The third-order valence-corrected chi connectivity index (χ3v) is 5.25. The van der Waals surface area contributed by atoms with Gasteiger partial charge in [-0.2, -0.15) is 0 Å². The van der Waals surface area contributed by atoms with Crippen LogP contribution in [0.25, 0.3) is 0 Å². The van der Waals surface area contributed by atoms with E-state index < -0.39 is 0 Å². The van der Waals surface area contributed by atoms with Crippen LogP contribution in [0.15, 0.2) is 0 Å². The molecule has 0 bridgehead atoms. The Balaban J connectivity index is 4.20. The second kappa shape index (κ2) is 8.33. The first-order valence-electron chi connectivity index (χ1n) is 8.90. The molecule has 0 aliphatic heterocycles. The van der Waals surface area contributed by atoms with Crippen LogP contribution in [-0.2, 0) is 4.79 Å². The molecule has 0 saturated carbocycles. The Morgan fingerprint density at radius 2 is 1.68 bits per heavy atom. The van der Waals surface area contributed by atoms with Crippen molar-refractivity contribution in [2.75, 3.05) is 33.7 Å². The van der Waals surface area contributed by atoms with Crippen molar-refractivity contribution in [1.29, 1.82) is 0 Å². The topological polar surface area (TPSA) is 29.1 Å². The van der Waals surface area contributed by atoms with Gasteiger partial charge in [-0.3, -0.25) is 4.79 Å². The predicted molar refractivity (Wildman–Crippen MR) is 96.8 cm³/mol. The molecule has 0 atom stereocenters. The second-order valence-corrected chi connectivity index (χ2v) is 9.34. The molecule has 0 aromatic carbocycles. The Kier molecular flexibility index (Phi) is 8.11. The number of nitrogens with one attached hydrogen (secondary N) is 1. The molecule has 1 amide bonds. The Labute approximate surface area is 139 Å². The molecule has 0 heterocycles. The van der Waals surface area contributed by atoms with Crippen molar-refractivity contribution in [2.24, 2.45) is 16.7 Å². The summed E-state index contributed by atoms with van der Waals surface area (Å²) in [6, 6.07) is 0. The van der Waals surface area contributed by atoms with E-state index in [1.165, 1.54) is 0 Å². The molecule has 22 heavy (non-hydrogen) atoms. The number of hydrogen-bond acceptors (Lipinski definition) is 1. The predicted octanol–water partition coefficient (Wildman–Crippen LogP) is 4.08. The van der Waals surface area contributed by atoms with E-state index in [-0.39, 0.29) is 16.7 Å². The number of carbonyl (C=O) groups is 1. The van der Waals surface area contributed by atoms with Crippen LogP contribution in [0.3, 0.4) is 0 Å². The minimum absolute atomic E-state index is 0.0522. The average Bonchev–Trinajstić information content (AvgIpc) is 2.32. The summed E-state index contributed by atoms with van der Waals surface area (Å²) >= 11 is 0. The zero-order valence-corrected chi connectivity index (χ0v) is 16.7. The van der Waals surface area contributed by atoms with Crippen molar-refractivity contribution in [3.8, 4) is 0 Å². The number of quaternary nitrogens is 1. The molecule has 1 N–H and O–H groups in total. The van der Waals surface area contributed by atoms with Gasteiger partial charge in [-0.15, -0.1) is 0 Å². The summed E-state index contributed by atoms with van der Waals surface area (Å²) in [5.41, 5.74) is 0.322. The molecule has 0 radical (unpaired) electrons. The van der Waals surface area contributed by atoms with E-state index in [0.717, 1.165) is 37.0 Å². The number of rotatable bonds is 10. The van der Waals surface area contributed by atoms with Crippen molar-refractivity contribution in [3.05, 3.63) is 0 Å². The third-order valence-electron chi connectivity index (χ3n) is 5.25. The molecule has 0 unspecified atom stereocenters. The van der Waals surface area contributed by atoms with Crippen LogP contribution in [0.1, 0.15) is 67.7 Å². The highest BCUT2D eigenvalue weighted by Crippen LogP contribution is 2.40. The monoisotopic (exact) mass is 313 g/mol. The molecular weight excluding hydrogens is 272 g/mol. The van der Waals surface area contributed by atoms with Gasteiger partial charge in [0.05, 0.1) is 27.2 Å². The van der Waals surface area contributed by atoms with E-state index >= 15 is 0 Å². The highest BCUT2D eigenvalue weighted by atomic mass is 16.1. The van der Waals surface area contributed by atoms with Crippen LogP contribution >= 0.6 is 0 Å². The van der Waals surface area contributed by atoms with Crippen LogP contribution in [-0.4, -0.2) is 44.1 Å². The molecule has 0 saturated heterocycles. The van der Waals surface area contributed by atoms with Crippen LogP contribution in [0.5, 0.6) is 0 Å². The van der Waals surface area contributed by atoms with Gasteiger partial charge < -0.3 is 9.80 Å². The largest absolute Gasteiger partial charge is 0.356 e. The molecule has 3 nitrogen and oxygen atoms in total. The molecule has 0 aliphatic carbocycles. The molecule has 0 aromatic rings. The van der Waals surface area contributed by atoms with E-state index in [1.54, 1.807) is 0 Å². The summed E-state index contributed by atoms with van der Waals surface area (Å²) in [6.07, 6.45) is 2.74. The molecular formula is C19H41N2O+. The van der Waals surface area contributed by atoms with Crippen molar-refractivity contribution in [2.45, 2.75) is 67.7 Å². The van der Waals surface area contributed by atoms with Gasteiger partial charge in [0.15, 0.2) is 0 Å². The average molecular weight is 314 g/mol. The standard InChI is InChI=1S/C19H40N2O/c1-10-21(8,9)13-11-12-20-17(22)14-18(4,5)15-19(6,7)16(2)3/h16H,10-15H2,1-9H3/p+1. The molecule has 0 aliphatic rings. The quantitative estimate of drug-likeness (QED) is 0.478. The lowest BCUT2D eigenvalue weighted by Gasteiger charge is -2.37. The number of carbonyl (C=O) groups excluding carboxylic acids is 1. The Morgan fingerprint density at radius 3 is 2.14 bits per heavy atom. The van der Waals surface area contributed by atoms with Gasteiger partial charge in [-0.1, -0.05) is 41.5 Å². The smallest absolute Gasteiger partial charge is 0.220 e. The summed E-state index contributed by atoms with van der Waals surface area (Å²) < 4.78 is 1.02. The maximum atomic E-state index is 12.2. The fourth-order valence-corrected chi connectivity index (χ4v) is 2.89. The fraction of sp³-hybridized carbons (Fsp3) is 0.947. The zero-order valence-electron chi connectivity index (χ0n) is 16.7. The molecule has 0 aromatic heterocycles. The van der Waals surface area contributed by atoms with E-state index in [1.807, 2.05) is 0 Å². The Morgan fingerprint density at radius 1 is 1.14 bits per heavy atom. The van der Waals surface area contributed by atoms with E-state index in [4.69, 9.17) is 0 Å². The van der Waals surface area contributed by atoms with Gasteiger partial charge in [-0.25, -0.2) is 0 Å². The van der Waals surface area contributed by atoms with Crippen molar-refractivity contribution in [3.63, 3.8) is 0 Å². The van der Waals surface area contributed by atoms with Gasteiger partial charge in [0.25, 0.3) is 0 Å². The van der Waals surface area contributed by atoms with Crippen LogP contribution < -0.4 is 5.32 Å². The molecule has 0 fully saturated rings. The third kappa shape index (κ3) is 8.77. The summed E-state index contributed by atoms with van der Waals surface area (Å²) in [4.78, 5) is 12.2. The summed E-state index contributed by atoms with van der Waals surface area (Å²) in [7, 11) is 4.47. The minimum atomic E-state index is 0.0522. The lowest BCUT2D eigenvalue weighted by Crippen LogP contribution is -2.41. The first-order valence-corrected chi connectivity index (χ1v) is 8.90. The van der Waals surface area contributed by atoms with Crippen molar-refractivity contribution in [1.82, 2.24) is 5.32 Å². The van der Waals surface area contributed by atoms with Gasteiger partial charge >= 0.3 is 0 Å². The van der Waals surface area contributed by atoms with E-state index in [0.29, 0.717) is 12.3 Å². The minimum Gasteiger partial charge on any atom is -0.356 e. The summed E-state index contributed by atoms with van der Waals surface area (Å²) in [5, 5.41) is 3.10.